The zero-order chi connectivity index (χ0) is 14.8. The lowest BCUT2D eigenvalue weighted by Crippen LogP contribution is -2.21. The highest BCUT2D eigenvalue weighted by molar-refractivity contribution is 9.10. The van der Waals surface area contributed by atoms with Crippen molar-refractivity contribution in [3.8, 4) is 0 Å². The van der Waals surface area contributed by atoms with E-state index in [1.807, 2.05) is 0 Å². The van der Waals surface area contributed by atoms with Crippen LogP contribution in [-0.2, 0) is 17.6 Å². The molecule has 0 aliphatic heterocycles. The molecule has 1 atom stereocenters. The Morgan fingerprint density at radius 2 is 2.00 bits per heavy atom. The monoisotopic (exact) mass is 347 g/mol. The number of rotatable bonds is 3. The van der Waals surface area contributed by atoms with Gasteiger partial charge in [0, 0.05) is 22.9 Å². The molecule has 21 heavy (non-hydrogen) atoms. The van der Waals surface area contributed by atoms with Crippen molar-refractivity contribution in [1.29, 1.82) is 0 Å². The van der Waals surface area contributed by atoms with Gasteiger partial charge in [0.25, 0.3) is 0 Å². The third kappa shape index (κ3) is 3.05. The molecule has 1 aromatic heterocycles. The highest BCUT2D eigenvalue weighted by atomic mass is 79.9. The van der Waals surface area contributed by atoms with Gasteiger partial charge in [-0.15, -0.1) is 0 Å². The quantitative estimate of drug-likeness (QED) is 0.864. The van der Waals surface area contributed by atoms with E-state index in [-0.39, 0.29) is 6.04 Å². The number of nitrogens with zero attached hydrogens (tertiary/aromatic N) is 2. The summed E-state index contributed by atoms with van der Waals surface area (Å²) in [6.07, 6.45) is 4.83. The number of anilines is 1. The fourth-order valence-electron chi connectivity index (χ4n) is 2.50. The van der Waals surface area contributed by atoms with Crippen molar-refractivity contribution < 1.29 is 9.53 Å². The molecule has 1 heterocycles. The second-order valence-electron chi connectivity index (χ2n) is 4.95. The van der Waals surface area contributed by atoms with E-state index in [4.69, 9.17) is 0 Å². The predicted molar refractivity (Wildman–Crippen MR) is 82.3 cm³/mol. The molecular formula is C15H14BrN3O2. The molecule has 0 bridgehead atoms. The maximum atomic E-state index is 11.3. The minimum absolute atomic E-state index is 0.276. The van der Waals surface area contributed by atoms with E-state index in [9.17, 15) is 4.79 Å². The zero-order valence-electron chi connectivity index (χ0n) is 11.5. The Kier molecular flexibility index (Phi) is 3.88. The number of hydrogen-bond donors (Lipinski definition) is 1. The number of halogens is 1. The van der Waals surface area contributed by atoms with Gasteiger partial charge in [-0.2, -0.15) is 0 Å². The van der Waals surface area contributed by atoms with Crippen LogP contribution in [0, 0.1) is 0 Å². The normalized spacial score (nSPS) is 16.4. The summed E-state index contributed by atoms with van der Waals surface area (Å²) in [7, 11) is 1.34. The lowest BCUT2D eigenvalue weighted by atomic mass is 10.1. The predicted octanol–water partition coefficient (Wildman–Crippen LogP) is 2.61. The molecule has 1 N–H and O–H groups in total. The zero-order valence-corrected chi connectivity index (χ0v) is 13.1. The molecule has 108 valence electrons. The number of nitrogens with one attached hydrogen (secondary N) is 1. The Labute approximate surface area is 130 Å². The third-order valence-electron chi connectivity index (χ3n) is 3.51. The third-order valence-corrected chi connectivity index (χ3v) is 4.00. The molecule has 0 saturated heterocycles. The van der Waals surface area contributed by atoms with Crippen LogP contribution >= 0.6 is 15.9 Å². The van der Waals surface area contributed by atoms with Crippen molar-refractivity contribution in [3.63, 3.8) is 0 Å². The minimum atomic E-state index is -0.431. The molecule has 2 aromatic rings. The average Bonchev–Trinajstić information content (AvgIpc) is 2.88. The molecule has 1 aliphatic carbocycles. The largest absolute Gasteiger partial charge is 0.465 e. The molecule has 0 saturated carbocycles. The minimum Gasteiger partial charge on any atom is -0.465 e. The molecule has 0 spiro atoms. The van der Waals surface area contributed by atoms with Crippen molar-refractivity contribution in [2.45, 2.75) is 18.9 Å². The topological polar surface area (TPSA) is 64.1 Å². The van der Waals surface area contributed by atoms with Crippen LogP contribution in [-0.4, -0.2) is 29.1 Å². The van der Waals surface area contributed by atoms with Gasteiger partial charge in [0.15, 0.2) is 0 Å². The van der Waals surface area contributed by atoms with Gasteiger partial charge < -0.3 is 10.1 Å². The summed E-state index contributed by atoms with van der Waals surface area (Å²) in [6, 6.07) is 6.63. The molecule has 0 radical (unpaired) electrons. The summed E-state index contributed by atoms with van der Waals surface area (Å²) < 4.78 is 5.72. The second kappa shape index (κ2) is 5.81. The van der Waals surface area contributed by atoms with Gasteiger partial charge in [-0.3, -0.25) is 0 Å². The van der Waals surface area contributed by atoms with E-state index in [2.05, 4.69) is 54.2 Å². The van der Waals surface area contributed by atoms with Crippen LogP contribution in [0.2, 0.25) is 0 Å². The number of aromatic nitrogens is 2. The molecule has 5 nitrogen and oxygen atoms in total. The molecule has 0 amide bonds. The van der Waals surface area contributed by atoms with Crippen LogP contribution in [0.1, 0.15) is 21.5 Å². The van der Waals surface area contributed by atoms with Gasteiger partial charge in [0.05, 0.1) is 12.7 Å². The highest BCUT2D eigenvalue weighted by Crippen LogP contribution is 2.26. The summed E-state index contributed by atoms with van der Waals surface area (Å²) >= 11 is 3.49. The maximum absolute atomic E-state index is 11.3. The van der Waals surface area contributed by atoms with Crippen LogP contribution in [0.3, 0.4) is 0 Å². The van der Waals surface area contributed by atoms with Crippen LogP contribution in [0.5, 0.6) is 0 Å². The molecule has 1 unspecified atom stereocenters. The fraction of sp³-hybridized carbons (Fsp3) is 0.267. The van der Waals surface area contributed by atoms with Gasteiger partial charge in [0.1, 0.15) is 0 Å². The van der Waals surface area contributed by atoms with Crippen LogP contribution in [0.4, 0.5) is 5.95 Å². The fourth-order valence-corrected chi connectivity index (χ4v) is 2.91. The number of fused-ring (bicyclic) bond motifs is 1. The van der Waals surface area contributed by atoms with Gasteiger partial charge in [-0.1, -0.05) is 22.0 Å². The Bertz CT molecular complexity index is 673. The standard InChI is InChI=1S/C15H14BrN3O2/c1-21-14(20)11-7-17-15(18-8-11)19-13-5-9-2-3-12(16)4-10(9)6-13/h2-4,7-8,13H,5-6H2,1H3,(H,17,18,19). The van der Waals surface area contributed by atoms with E-state index in [0.29, 0.717) is 11.5 Å². The van der Waals surface area contributed by atoms with Crippen molar-refractivity contribution >= 4 is 27.8 Å². The summed E-state index contributed by atoms with van der Waals surface area (Å²) in [5, 5.41) is 3.30. The first kappa shape index (κ1) is 14.0. The Balaban J connectivity index is 1.67. The lowest BCUT2D eigenvalue weighted by Gasteiger charge is -2.11. The van der Waals surface area contributed by atoms with Gasteiger partial charge in [-0.05, 0) is 36.1 Å². The number of hydrogen-bond acceptors (Lipinski definition) is 5. The SMILES string of the molecule is COC(=O)c1cnc(NC2Cc3ccc(Br)cc3C2)nc1. The van der Waals surface area contributed by atoms with Gasteiger partial charge in [-0.25, -0.2) is 14.8 Å². The highest BCUT2D eigenvalue weighted by Gasteiger charge is 2.22. The first-order chi connectivity index (χ1) is 10.2. The average molecular weight is 348 g/mol. The van der Waals surface area contributed by atoms with Crippen molar-refractivity contribution in [3.05, 3.63) is 51.8 Å². The van der Waals surface area contributed by atoms with Crippen molar-refractivity contribution in [2.24, 2.45) is 0 Å². The number of benzene rings is 1. The molecule has 6 heteroatoms. The Morgan fingerprint density at radius 1 is 1.29 bits per heavy atom. The molecule has 1 aromatic carbocycles. The Morgan fingerprint density at radius 3 is 2.71 bits per heavy atom. The van der Waals surface area contributed by atoms with Gasteiger partial charge in [0.2, 0.25) is 5.95 Å². The number of carbonyl (C=O) groups is 1. The van der Waals surface area contributed by atoms with E-state index >= 15 is 0 Å². The van der Waals surface area contributed by atoms with E-state index < -0.39 is 5.97 Å². The number of esters is 1. The smallest absolute Gasteiger partial charge is 0.341 e. The Hall–Kier alpha value is -1.95. The number of carbonyl (C=O) groups excluding carboxylic acids is 1. The van der Waals surface area contributed by atoms with E-state index in [0.717, 1.165) is 17.3 Å². The first-order valence-corrected chi connectivity index (χ1v) is 7.39. The van der Waals surface area contributed by atoms with E-state index in [1.165, 1.54) is 30.6 Å². The first-order valence-electron chi connectivity index (χ1n) is 6.60. The second-order valence-corrected chi connectivity index (χ2v) is 5.87. The maximum Gasteiger partial charge on any atom is 0.341 e. The number of methoxy groups -OCH3 is 1. The van der Waals surface area contributed by atoms with E-state index in [1.54, 1.807) is 0 Å². The molecule has 1 aliphatic rings. The molecule has 3 rings (SSSR count). The van der Waals surface area contributed by atoms with Crippen molar-refractivity contribution in [1.82, 2.24) is 9.97 Å². The number of ether oxygens (including phenoxy) is 1. The summed E-state index contributed by atoms with van der Waals surface area (Å²) in [5.74, 6) is 0.0965. The summed E-state index contributed by atoms with van der Waals surface area (Å²) in [5.41, 5.74) is 3.04. The van der Waals surface area contributed by atoms with Crippen LogP contribution in [0.15, 0.2) is 35.1 Å². The lowest BCUT2D eigenvalue weighted by molar-refractivity contribution is 0.0600. The summed E-state index contributed by atoms with van der Waals surface area (Å²) in [4.78, 5) is 19.6. The summed E-state index contributed by atoms with van der Waals surface area (Å²) in [6.45, 7) is 0. The molecular weight excluding hydrogens is 334 g/mol. The molecule has 0 fully saturated rings. The van der Waals surface area contributed by atoms with Gasteiger partial charge >= 0.3 is 5.97 Å². The van der Waals surface area contributed by atoms with Crippen LogP contribution < -0.4 is 5.32 Å². The van der Waals surface area contributed by atoms with Crippen LogP contribution in [0.25, 0.3) is 0 Å². The van der Waals surface area contributed by atoms with Crippen molar-refractivity contribution in [2.75, 3.05) is 12.4 Å².